The Morgan fingerprint density at radius 2 is 2.07 bits per heavy atom. The maximum absolute atomic E-state index is 10.3. The van der Waals surface area contributed by atoms with Gasteiger partial charge in [-0.25, -0.2) is 0 Å². The molecule has 2 nitrogen and oxygen atoms in total. The third-order valence-corrected chi connectivity index (χ3v) is 3.51. The maximum atomic E-state index is 10.3. The lowest BCUT2D eigenvalue weighted by Crippen LogP contribution is -1.94. The first-order chi connectivity index (χ1) is 7.09. The van der Waals surface area contributed by atoms with Crippen LogP contribution in [0.1, 0.15) is 12.8 Å². The first kappa shape index (κ1) is 12.7. The molecule has 82 valence electrons. The molecule has 0 radical (unpaired) electrons. The molecule has 0 amide bonds. The number of benzene rings is 1. The zero-order valence-corrected chi connectivity index (χ0v) is 10.2. The molecule has 5 heteroatoms. The molecule has 0 aliphatic rings. The monoisotopic (exact) mass is 264 g/mol. The van der Waals surface area contributed by atoms with Crippen molar-refractivity contribution in [3.8, 4) is 0 Å². The van der Waals surface area contributed by atoms with E-state index in [0.717, 1.165) is 10.6 Å². The maximum Gasteiger partial charge on any atom is 0.303 e. The van der Waals surface area contributed by atoms with Crippen LogP contribution < -0.4 is 0 Å². The molecule has 1 aromatic rings. The summed E-state index contributed by atoms with van der Waals surface area (Å²) >= 11 is 13.2. The average molecular weight is 265 g/mol. The minimum atomic E-state index is -0.760. The summed E-state index contributed by atoms with van der Waals surface area (Å²) in [5, 5.41) is 9.50. The van der Waals surface area contributed by atoms with Crippen LogP contribution in [0.3, 0.4) is 0 Å². The van der Waals surface area contributed by atoms with Gasteiger partial charge in [-0.1, -0.05) is 23.2 Å². The third-order valence-electron chi connectivity index (χ3n) is 1.69. The molecule has 0 aromatic heterocycles. The van der Waals surface area contributed by atoms with E-state index in [1.807, 2.05) is 6.07 Å². The minimum absolute atomic E-state index is 0.203. The van der Waals surface area contributed by atoms with Gasteiger partial charge in [0, 0.05) is 11.3 Å². The molecule has 0 saturated heterocycles. The van der Waals surface area contributed by atoms with Crippen LogP contribution in [0.25, 0.3) is 0 Å². The molecular formula is C10H10Cl2O2S. The molecule has 0 bridgehead atoms. The normalized spacial score (nSPS) is 10.3. The van der Waals surface area contributed by atoms with Crippen molar-refractivity contribution >= 4 is 40.9 Å². The molecule has 0 fully saturated rings. The largest absolute Gasteiger partial charge is 0.481 e. The number of rotatable bonds is 5. The molecule has 1 rings (SSSR count). The van der Waals surface area contributed by atoms with Crippen molar-refractivity contribution in [2.75, 3.05) is 5.75 Å². The number of carbonyl (C=O) groups is 1. The van der Waals surface area contributed by atoms with Crippen molar-refractivity contribution in [1.82, 2.24) is 0 Å². The Balaban J connectivity index is 2.38. The van der Waals surface area contributed by atoms with E-state index in [0.29, 0.717) is 16.5 Å². The smallest absolute Gasteiger partial charge is 0.303 e. The number of carboxylic acid groups (broad SMARTS) is 1. The topological polar surface area (TPSA) is 37.3 Å². The van der Waals surface area contributed by atoms with Gasteiger partial charge in [0.15, 0.2) is 0 Å². The van der Waals surface area contributed by atoms with Gasteiger partial charge in [-0.05, 0) is 30.4 Å². The van der Waals surface area contributed by atoms with Crippen LogP contribution >= 0.6 is 35.0 Å². The highest BCUT2D eigenvalue weighted by Gasteiger charge is 2.01. The number of aliphatic carboxylic acids is 1. The summed E-state index contributed by atoms with van der Waals surface area (Å²) < 4.78 is 0. The van der Waals surface area contributed by atoms with Gasteiger partial charge in [0.1, 0.15) is 0 Å². The van der Waals surface area contributed by atoms with Crippen LogP contribution in [-0.4, -0.2) is 16.8 Å². The quantitative estimate of drug-likeness (QED) is 0.647. The fraction of sp³-hybridized carbons (Fsp3) is 0.300. The molecule has 1 aromatic carbocycles. The highest BCUT2D eigenvalue weighted by Crippen LogP contribution is 2.28. The number of thioether (sulfide) groups is 1. The van der Waals surface area contributed by atoms with Crippen LogP contribution in [0.2, 0.25) is 10.0 Å². The molecule has 0 atom stereocenters. The lowest BCUT2D eigenvalue weighted by atomic mass is 10.3. The Morgan fingerprint density at radius 1 is 1.33 bits per heavy atom. The third kappa shape index (κ3) is 4.78. The average Bonchev–Trinajstić information content (AvgIpc) is 2.18. The van der Waals surface area contributed by atoms with Crippen molar-refractivity contribution in [3.05, 3.63) is 28.2 Å². The molecule has 15 heavy (non-hydrogen) atoms. The summed E-state index contributed by atoms with van der Waals surface area (Å²) in [7, 11) is 0. The van der Waals surface area contributed by atoms with E-state index >= 15 is 0 Å². The van der Waals surface area contributed by atoms with E-state index in [2.05, 4.69) is 0 Å². The standard InChI is InChI=1S/C10H10Cl2O2S/c11-8-4-3-7(6-9(8)12)15-5-1-2-10(13)14/h3-4,6H,1-2,5H2,(H,13,14). The number of carboxylic acids is 1. The molecule has 0 aliphatic carbocycles. The Labute approximate surface area is 103 Å². The van der Waals surface area contributed by atoms with E-state index in [9.17, 15) is 4.79 Å². The van der Waals surface area contributed by atoms with Crippen molar-refractivity contribution in [3.63, 3.8) is 0 Å². The Kier molecular flexibility index (Phi) is 5.29. The number of hydrogen-bond donors (Lipinski definition) is 1. The molecule has 1 N–H and O–H groups in total. The lowest BCUT2D eigenvalue weighted by molar-refractivity contribution is -0.137. The highest BCUT2D eigenvalue weighted by atomic mass is 35.5. The zero-order chi connectivity index (χ0) is 11.3. The number of hydrogen-bond acceptors (Lipinski definition) is 2. The summed E-state index contributed by atoms with van der Waals surface area (Å²) in [6, 6.07) is 5.40. The SMILES string of the molecule is O=C(O)CCCSc1ccc(Cl)c(Cl)c1. The van der Waals surface area contributed by atoms with Gasteiger partial charge >= 0.3 is 5.97 Å². The predicted octanol–water partition coefficient (Wildman–Crippen LogP) is 3.95. The van der Waals surface area contributed by atoms with Gasteiger partial charge in [0.05, 0.1) is 10.0 Å². The highest BCUT2D eigenvalue weighted by molar-refractivity contribution is 7.99. The van der Waals surface area contributed by atoms with E-state index in [-0.39, 0.29) is 6.42 Å². The van der Waals surface area contributed by atoms with Gasteiger partial charge in [-0.2, -0.15) is 0 Å². The van der Waals surface area contributed by atoms with Gasteiger partial charge in [0.2, 0.25) is 0 Å². The first-order valence-electron chi connectivity index (χ1n) is 4.39. The summed E-state index contributed by atoms with van der Waals surface area (Å²) in [5.41, 5.74) is 0. The van der Waals surface area contributed by atoms with Crippen LogP contribution in [0.5, 0.6) is 0 Å². The molecule has 0 aliphatic heterocycles. The molecule has 0 saturated carbocycles. The van der Waals surface area contributed by atoms with Gasteiger partial charge in [0.25, 0.3) is 0 Å². The van der Waals surface area contributed by atoms with E-state index < -0.39 is 5.97 Å². The van der Waals surface area contributed by atoms with Crippen LogP contribution in [0, 0.1) is 0 Å². The molecule has 0 spiro atoms. The predicted molar refractivity (Wildman–Crippen MR) is 64.1 cm³/mol. The fourth-order valence-corrected chi connectivity index (χ4v) is 2.23. The molecular weight excluding hydrogens is 255 g/mol. The fourth-order valence-electron chi connectivity index (χ4n) is 0.980. The van der Waals surface area contributed by atoms with Gasteiger partial charge in [-0.15, -0.1) is 11.8 Å². The van der Waals surface area contributed by atoms with E-state index in [4.69, 9.17) is 28.3 Å². The molecule has 0 heterocycles. The first-order valence-corrected chi connectivity index (χ1v) is 6.13. The van der Waals surface area contributed by atoms with E-state index in [1.54, 1.807) is 23.9 Å². The second-order valence-electron chi connectivity index (χ2n) is 2.92. The van der Waals surface area contributed by atoms with Crippen LogP contribution in [-0.2, 0) is 4.79 Å². The summed E-state index contributed by atoms with van der Waals surface area (Å²) in [5.74, 6) is 0.00861. The number of halogens is 2. The van der Waals surface area contributed by atoms with Gasteiger partial charge in [-0.3, -0.25) is 4.79 Å². The van der Waals surface area contributed by atoms with Crippen molar-refractivity contribution in [2.45, 2.75) is 17.7 Å². The summed E-state index contributed by atoms with van der Waals surface area (Å²) in [6.07, 6.45) is 0.856. The van der Waals surface area contributed by atoms with Crippen molar-refractivity contribution < 1.29 is 9.90 Å². The van der Waals surface area contributed by atoms with Crippen LogP contribution in [0.4, 0.5) is 0 Å². The summed E-state index contributed by atoms with van der Waals surface area (Å²) in [6.45, 7) is 0. The van der Waals surface area contributed by atoms with Crippen LogP contribution in [0.15, 0.2) is 23.1 Å². The Hall–Kier alpha value is -0.380. The van der Waals surface area contributed by atoms with Crippen molar-refractivity contribution in [1.29, 1.82) is 0 Å². The van der Waals surface area contributed by atoms with Gasteiger partial charge < -0.3 is 5.11 Å². The zero-order valence-electron chi connectivity index (χ0n) is 7.87. The van der Waals surface area contributed by atoms with Crippen molar-refractivity contribution in [2.24, 2.45) is 0 Å². The van der Waals surface area contributed by atoms with E-state index in [1.165, 1.54) is 0 Å². The summed E-state index contributed by atoms with van der Waals surface area (Å²) in [4.78, 5) is 11.3. The second-order valence-corrected chi connectivity index (χ2v) is 4.90. The lowest BCUT2D eigenvalue weighted by Gasteiger charge is -2.02. The second kappa shape index (κ2) is 6.26. The molecule has 0 unspecified atom stereocenters. The Morgan fingerprint density at radius 3 is 2.67 bits per heavy atom. The minimum Gasteiger partial charge on any atom is -0.481 e. The Bertz CT molecular complexity index is 355.